The second-order valence-corrected chi connectivity index (χ2v) is 5.14. The van der Waals surface area contributed by atoms with Crippen LogP contribution in [0.4, 0.5) is 0 Å². The number of hydrogen-bond acceptors (Lipinski definition) is 3. The molecule has 20 heavy (non-hydrogen) atoms. The molecule has 0 aliphatic carbocycles. The lowest BCUT2D eigenvalue weighted by molar-refractivity contribution is 0.368. The Labute approximate surface area is 127 Å². The zero-order valence-electron chi connectivity index (χ0n) is 11.0. The first kappa shape index (κ1) is 14.6. The van der Waals surface area contributed by atoms with Crippen molar-refractivity contribution in [3.05, 3.63) is 64.1 Å². The molecule has 0 aliphatic rings. The molecule has 2 aromatic rings. The second-order valence-electron chi connectivity index (χ2n) is 4.29. The van der Waals surface area contributed by atoms with Crippen LogP contribution in [-0.2, 0) is 13.1 Å². The van der Waals surface area contributed by atoms with Gasteiger partial charge in [0.1, 0.15) is 11.8 Å². The molecule has 0 bridgehead atoms. The standard InChI is InChI=1S/C16H15BrN2O/c17-16-4-2-1-3-14(16)12-19-11-13-5-7-15(8-6-13)20-10-9-18/h1-8,19H,10-12H2. The first-order valence-corrected chi connectivity index (χ1v) is 7.11. The quantitative estimate of drug-likeness (QED) is 0.879. The predicted octanol–water partition coefficient (Wildman–Crippen LogP) is 3.64. The molecule has 0 atom stereocenters. The third-order valence-electron chi connectivity index (χ3n) is 2.83. The van der Waals surface area contributed by atoms with Crippen LogP contribution < -0.4 is 10.1 Å². The Balaban J connectivity index is 1.82. The smallest absolute Gasteiger partial charge is 0.174 e. The third kappa shape index (κ3) is 4.37. The molecule has 0 radical (unpaired) electrons. The van der Waals surface area contributed by atoms with E-state index in [0.717, 1.165) is 23.3 Å². The number of benzene rings is 2. The van der Waals surface area contributed by atoms with Crippen LogP contribution in [0.15, 0.2) is 53.0 Å². The van der Waals surface area contributed by atoms with Crippen LogP contribution in [0.3, 0.4) is 0 Å². The fraction of sp³-hybridized carbons (Fsp3) is 0.188. The number of halogens is 1. The van der Waals surface area contributed by atoms with E-state index in [2.05, 4.69) is 27.3 Å². The summed E-state index contributed by atoms with van der Waals surface area (Å²) in [5.74, 6) is 0.723. The molecule has 102 valence electrons. The highest BCUT2D eigenvalue weighted by Crippen LogP contribution is 2.16. The molecule has 2 aromatic carbocycles. The highest BCUT2D eigenvalue weighted by Gasteiger charge is 1.99. The van der Waals surface area contributed by atoms with E-state index in [9.17, 15) is 0 Å². The summed E-state index contributed by atoms with van der Waals surface area (Å²) in [6.45, 7) is 1.69. The summed E-state index contributed by atoms with van der Waals surface area (Å²) >= 11 is 3.53. The maximum Gasteiger partial charge on any atom is 0.174 e. The van der Waals surface area contributed by atoms with E-state index in [-0.39, 0.29) is 6.61 Å². The van der Waals surface area contributed by atoms with Gasteiger partial charge in [0, 0.05) is 17.6 Å². The molecule has 0 unspecified atom stereocenters. The van der Waals surface area contributed by atoms with Crippen molar-refractivity contribution in [2.45, 2.75) is 13.1 Å². The minimum Gasteiger partial charge on any atom is -0.479 e. The van der Waals surface area contributed by atoms with Gasteiger partial charge in [-0.05, 0) is 29.3 Å². The van der Waals surface area contributed by atoms with Crippen molar-refractivity contribution in [3.63, 3.8) is 0 Å². The van der Waals surface area contributed by atoms with E-state index >= 15 is 0 Å². The molecule has 0 saturated carbocycles. The first-order chi connectivity index (χ1) is 9.79. The maximum absolute atomic E-state index is 8.44. The van der Waals surface area contributed by atoms with Crippen LogP contribution in [0.5, 0.6) is 5.75 Å². The summed E-state index contributed by atoms with van der Waals surface area (Å²) in [6.07, 6.45) is 0. The molecule has 0 fully saturated rings. The van der Waals surface area contributed by atoms with Crippen molar-refractivity contribution < 1.29 is 4.74 Å². The van der Waals surface area contributed by atoms with E-state index in [0.29, 0.717) is 0 Å². The summed E-state index contributed by atoms with van der Waals surface area (Å²) in [7, 11) is 0. The van der Waals surface area contributed by atoms with E-state index in [1.54, 1.807) is 0 Å². The van der Waals surface area contributed by atoms with Crippen LogP contribution in [0, 0.1) is 11.3 Å². The van der Waals surface area contributed by atoms with Crippen molar-refractivity contribution in [2.24, 2.45) is 0 Å². The van der Waals surface area contributed by atoms with Crippen molar-refractivity contribution in [3.8, 4) is 11.8 Å². The molecule has 3 nitrogen and oxygen atoms in total. The van der Waals surface area contributed by atoms with Gasteiger partial charge in [0.2, 0.25) is 0 Å². The Morgan fingerprint density at radius 1 is 1.05 bits per heavy atom. The monoisotopic (exact) mass is 330 g/mol. The molecule has 2 rings (SSSR count). The molecule has 0 amide bonds. The zero-order valence-corrected chi connectivity index (χ0v) is 12.6. The van der Waals surface area contributed by atoms with Crippen LogP contribution >= 0.6 is 15.9 Å². The van der Waals surface area contributed by atoms with Crippen molar-refractivity contribution in [2.75, 3.05) is 6.61 Å². The minimum absolute atomic E-state index is 0.0830. The Hall–Kier alpha value is -1.83. The molecule has 0 aromatic heterocycles. The normalized spacial score (nSPS) is 10.0. The zero-order chi connectivity index (χ0) is 14.2. The third-order valence-corrected chi connectivity index (χ3v) is 3.60. The predicted molar refractivity (Wildman–Crippen MR) is 82.2 cm³/mol. The Morgan fingerprint density at radius 2 is 1.80 bits per heavy atom. The molecule has 0 heterocycles. The summed E-state index contributed by atoms with van der Waals surface area (Å²) in [5.41, 5.74) is 2.42. The fourth-order valence-corrected chi connectivity index (χ4v) is 2.23. The molecule has 0 aliphatic heterocycles. The van der Waals surface area contributed by atoms with E-state index in [1.807, 2.05) is 48.5 Å². The van der Waals surface area contributed by atoms with Crippen LogP contribution in [0.25, 0.3) is 0 Å². The SMILES string of the molecule is N#CCOc1ccc(CNCc2ccccc2Br)cc1. The molecule has 1 N–H and O–H groups in total. The van der Waals surface area contributed by atoms with Gasteiger partial charge in [0.05, 0.1) is 0 Å². The number of nitrogens with one attached hydrogen (secondary N) is 1. The van der Waals surface area contributed by atoms with E-state index in [4.69, 9.17) is 10.00 Å². The molecule has 4 heteroatoms. The summed E-state index contributed by atoms with van der Waals surface area (Å²) in [4.78, 5) is 0. The van der Waals surface area contributed by atoms with Crippen LogP contribution in [0.1, 0.15) is 11.1 Å². The molecule has 0 saturated heterocycles. The second kappa shape index (κ2) is 7.68. The van der Waals surface area contributed by atoms with Gasteiger partial charge in [-0.1, -0.05) is 46.3 Å². The van der Waals surface area contributed by atoms with Gasteiger partial charge < -0.3 is 10.1 Å². The van der Waals surface area contributed by atoms with Crippen molar-refractivity contribution >= 4 is 15.9 Å². The number of rotatable bonds is 6. The largest absolute Gasteiger partial charge is 0.479 e. The number of nitriles is 1. The first-order valence-electron chi connectivity index (χ1n) is 6.32. The Morgan fingerprint density at radius 3 is 2.50 bits per heavy atom. The number of ether oxygens (including phenoxy) is 1. The summed E-state index contributed by atoms with van der Waals surface area (Å²) < 4.78 is 6.33. The van der Waals surface area contributed by atoms with E-state index < -0.39 is 0 Å². The van der Waals surface area contributed by atoms with Gasteiger partial charge in [0.25, 0.3) is 0 Å². The minimum atomic E-state index is 0.0830. The Kier molecular flexibility index (Phi) is 5.60. The average Bonchev–Trinajstić information content (AvgIpc) is 2.48. The van der Waals surface area contributed by atoms with Gasteiger partial charge in [-0.15, -0.1) is 0 Å². The van der Waals surface area contributed by atoms with Crippen LogP contribution in [0.2, 0.25) is 0 Å². The van der Waals surface area contributed by atoms with Crippen molar-refractivity contribution in [1.82, 2.24) is 5.32 Å². The Bertz CT molecular complexity index is 590. The summed E-state index contributed by atoms with van der Waals surface area (Å²) in [6, 6.07) is 17.9. The van der Waals surface area contributed by atoms with Crippen LogP contribution in [-0.4, -0.2) is 6.61 Å². The number of hydrogen-bond donors (Lipinski definition) is 1. The topological polar surface area (TPSA) is 45.0 Å². The lowest BCUT2D eigenvalue weighted by Crippen LogP contribution is -2.12. The van der Waals surface area contributed by atoms with Crippen molar-refractivity contribution in [1.29, 1.82) is 5.26 Å². The molecular formula is C16H15BrN2O. The van der Waals surface area contributed by atoms with Gasteiger partial charge in [0.15, 0.2) is 6.61 Å². The van der Waals surface area contributed by atoms with Gasteiger partial charge >= 0.3 is 0 Å². The van der Waals surface area contributed by atoms with Gasteiger partial charge in [-0.25, -0.2) is 0 Å². The van der Waals surface area contributed by atoms with Gasteiger partial charge in [-0.3, -0.25) is 0 Å². The summed E-state index contributed by atoms with van der Waals surface area (Å²) in [5, 5.41) is 11.8. The number of nitrogens with zero attached hydrogens (tertiary/aromatic N) is 1. The highest BCUT2D eigenvalue weighted by molar-refractivity contribution is 9.10. The van der Waals surface area contributed by atoms with E-state index in [1.165, 1.54) is 11.1 Å². The molecule has 0 spiro atoms. The average molecular weight is 331 g/mol. The maximum atomic E-state index is 8.44. The lowest BCUT2D eigenvalue weighted by Gasteiger charge is -2.08. The molecular weight excluding hydrogens is 316 g/mol. The van der Waals surface area contributed by atoms with Gasteiger partial charge in [-0.2, -0.15) is 5.26 Å². The fourth-order valence-electron chi connectivity index (χ4n) is 1.80. The lowest BCUT2D eigenvalue weighted by atomic mass is 10.2. The highest BCUT2D eigenvalue weighted by atomic mass is 79.9.